The molecule has 0 aliphatic heterocycles. The van der Waals surface area contributed by atoms with E-state index in [1.165, 1.54) is 6.92 Å². The van der Waals surface area contributed by atoms with Crippen LogP contribution in [0, 0.1) is 0 Å². The van der Waals surface area contributed by atoms with Gasteiger partial charge in [0.1, 0.15) is 5.57 Å². The topological polar surface area (TPSA) is 26.3 Å². The molecule has 0 spiro atoms. The first kappa shape index (κ1) is 11.0. The van der Waals surface area contributed by atoms with E-state index in [4.69, 9.17) is 0 Å². The first-order valence-corrected chi connectivity index (χ1v) is 3.26. The molecule has 0 heterocycles. The molecule has 0 amide bonds. The zero-order valence-electron chi connectivity index (χ0n) is 6.57. The van der Waals surface area contributed by atoms with Gasteiger partial charge < -0.3 is 4.74 Å². The van der Waals surface area contributed by atoms with Crippen LogP contribution in [-0.4, -0.2) is 25.2 Å². The summed E-state index contributed by atoms with van der Waals surface area (Å²) in [7, 11) is 0. The number of alkyl halides is 3. The Morgan fingerprint density at radius 2 is 2.08 bits per heavy atom. The number of halogens is 3. The minimum absolute atomic E-state index is 0.0414. The Morgan fingerprint density at radius 1 is 1.58 bits per heavy atom. The molecule has 0 radical (unpaired) electrons. The van der Waals surface area contributed by atoms with E-state index in [0.29, 0.717) is 0 Å². The fraction of sp³-hybridized carbons (Fsp3) is 0.571. The zero-order chi connectivity index (χ0) is 9.78. The van der Waals surface area contributed by atoms with Gasteiger partial charge in [-0.05, 0) is 6.92 Å². The largest absolute Gasteiger partial charge is 0.462 e. The summed E-state index contributed by atoms with van der Waals surface area (Å²) >= 11 is 0. The second-order valence-corrected chi connectivity index (χ2v) is 2.04. The summed E-state index contributed by atoms with van der Waals surface area (Å²) in [5, 5.41) is 0. The van der Waals surface area contributed by atoms with Crippen molar-refractivity contribution in [3.8, 4) is 0 Å². The Kier molecular flexibility index (Phi) is 3.79. The lowest BCUT2D eigenvalue weighted by atomic mass is 10.2. The van der Waals surface area contributed by atoms with E-state index >= 15 is 0 Å². The molecule has 0 atom stereocenters. The van der Waals surface area contributed by atoms with Crippen LogP contribution in [0.25, 0.3) is 0 Å². The molecular formula is C7H9F3O2. The van der Waals surface area contributed by atoms with Gasteiger partial charge in [-0.1, -0.05) is 6.58 Å². The molecule has 0 fully saturated rings. The standard InChI is InChI=1S/C7H9F3O2/c1-3-12-6(11)5(2)7(9,10)4-8/h2-4H2,1H3. The molecule has 0 bridgehead atoms. The van der Waals surface area contributed by atoms with Gasteiger partial charge in [0.05, 0.1) is 6.61 Å². The van der Waals surface area contributed by atoms with Gasteiger partial charge in [-0.25, -0.2) is 9.18 Å². The van der Waals surface area contributed by atoms with Crippen LogP contribution in [0.15, 0.2) is 12.2 Å². The number of hydrogen-bond acceptors (Lipinski definition) is 2. The van der Waals surface area contributed by atoms with Crippen LogP contribution in [0.4, 0.5) is 13.2 Å². The van der Waals surface area contributed by atoms with Gasteiger partial charge in [-0.15, -0.1) is 0 Å². The summed E-state index contributed by atoms with van der Waals surface area (Å²) in [6.45, 7) is 2.23. The lowest BCUT2D eigenvalue weighted by Gasteiger charge is -2.13. The highest BCUT2D eigenvalue weighted by Crippen LogP contribution is 2.23. The van der Waals surface area contributed by atoms with E-state index in [-0.39, 0.29) is 6.61 Å². The fourth-order valence-electron chi connectivity index (χ4n) is 0.448. The minimum Gasteiger partial charge on any atom is -0.462 e. The number of carbonyl (C=O) groups excluding carboxylic acids is 1. The first-order valence-electron chi connectivity index (χ1n) is 3.26. The number of esters is 1. The third kappa shape index (κ3) is 2.56. The summed E-state index contributed by atoms with van der Waals surface area (Å²) in [5.41, 5.74) is -1.15. The predicted octanol–water partition coefficient (Wildman–Crippen LogP) is 1.71. The Balaban J connectivity index is 4.29. The third-order valence-electron chi connectivity index (χ3n) is 1.13. The number of hydrogen-bond donors (Lipinski definition) is 0. The second kappa shape index (κ2) is 4.13. The van der Waals surface area contributed by atoms with Gasteiger partial charge >= 0.3 is 11.9 Å². The van der Waals surface area contributed by atoms with Crippen molar-refractivity contribution in [2.24, 2.45) is 0 Å². The molecule has 0 aliphatic rings. The maximum atomic E-state index is 12.3. The molecule has 70 valence electrons. The van der Waals surface area contributed by atoms with Crippen molar-refractivity contribution < 1.29 is 22.7 Å². The van der Waals surface area contributed by atoms with Gasteiger partial charge in [0.2, 0.25) is 0 Å². The predicted molar refractivity (Wildman–Crippen MR) is 36.7 cm³/mol. The highest BCUT2D eigenvalue weighted by molar-refractivity contribution is 5.89. The maximum absolute atomic E-state index is 12.3. The van der Waals surface area contributed by atoms with Crippen LogP contribution in [0.3, 0.4) is 0 Å². The molecule has 5 heteroatoms. The van der Waals surface area contributed by atoms with Gasteiger partial charge in [-0.2, -0.15) is 8.78 Å². The van der Waals surface area contributed by atoms with Crippen molar-refractivity contribution in [2.45, 2.75) is 12.8 Å². The summed E-state index contributed by atoms with van der Waals surface area (Å²) in [6, 6.07) is 0. The molecule has 0 unspecified atom stereocenters. The first-order chi connectivity index (χ1) is 5.45. The monoisotopic (exact) mass is 182 g/mol. The fourth-order valence-corrected chi connectivity index (χ4v) is 0.448. The quantitative estimate of drug-likeness (QED) is 0.488. The molecule has 0 aliphatic carbocycles. The van der Waals surface area contributed by atoms with E-state index in [9.17, 15) is 18.0 Å². The molecular weight excluding hydrogens is 173 g/mol. The number of carbonyl (C=O) groups is 1. The Morgan fingerprint density at radius 3 is 2.42 bits per heavy atom. The number of ether oxygens (including phenoxy) is 1. The van der Waals surface area contributed by atoms with Crippen LogP contribution in [0.2, 0.25) is 0 Å². The zero-order valence-corrected chi connectivity index (χ0v) is 6.57. The molecule has 0 saturated carbocycles. The summed E-state index contributed by atoms with van der Waals surface area (Å²) in [6.07, 6.45) is 0. The van der Waals surface area contributed by atoms with Crippen molar-refractivity contribution in [3.63, 3.8) is 0 Å². The molecule has 0 rings (SSSR count). The highest BCUT2D eigenvalue weighted by atomic mass is 19.3. The molecule has 12 heavy (non-hydrogen) atoms. The highest BCUT2D eigenvalue weighted by Gasteiger charge is 2.38. The average molecular weight is 182 g/mol. The molecule has 2 nitrogen and oxygen atoms in total. The maximum Gasteiger partial charge on any atom is 0.339 e. The van der Waals surface area contributed by atoms with E-state index in [1.54, 1.807) is 0 Å². The summed E-state index contributed by atoms with van der Waals surface area (Å²) in [4.78, 5) is 10.6. The normalized spacial score (nSPS) is 11.0. The van der Waals surface area contributed by atoms with Crippen molar-refractivity contribution in [3.05, 3.63) is 12.2 Å². The van der Waals surface area contributed by atoms with Gasteiger partial charge in [0.15, 0.2) is 6.67 Å². The molecule has 0 aromatic heterocycles. The van der Waals surface area contributed by atoms with Crippen molar-refractivity contribution in [1.82, 2.24) is 0 Å². The van der Waals surface area contributed by atoms with Gasteiger partial charge in [0.25, 0.3) is 0 Å². The smallest absolute Gasteiger partial charge is 0.339 e. The molecule has 0 aromatic rings. The molecule has 0 aromatic carbocycles. The van der Waals surface area contributed by atoms with E-state index in [2.05, 4.69) is 11.3 Å². The molecule has 0 saturated heterocycles. The van der Waals surface area contributed by atoms with Gasteiger partial charge in [-0.3, -0.25) is 0 Å². The lowest BCUT2D eigenvalue weighted by molar-refractivity contribution is -0.142. The van der Waals surface area contributed by atoms with E-state index < -0.39 is 24.1 Å². The third-order valence-corrected chi connectivity index (χ3v) is 1.13. The summed E-state index contributed by atoms with van der Waals surface area (Å²) < 4.78 is 40.5. The minimum atomic E-state index is -3.81. The van der Waals surface area contributed by atoms with Crippen LogP contribution >= 0.6 is 0 Å². The number of rotatable bonds is 4. The second-order valence-electron chi connectivity index (χ2n) is 2.04. The van der Waals surface area contributed by atoms with Crippen LogP contribution < -0.4 is 0 Å². The van der Waals surface area contributed by atoms with Crippen LogP contribution in [-0.2, 0) is 9.53 Å². The lowest BCUT2D eigenvalue weighted by Crippen LogP contribution is -2.27. The van der Waals surface area contributed by atoms with E-state index in [0.717, 1.165) is 0 Å². The van der Waals surface area contributed by atoms with Crippen molar-refractivity contribution >= 4 is 5.97 Å². The average Bonchev–Trinajstić information content (AvgIpc) is 2.03. The Labute approximate surface area is 68.0 Å². The SMILES string of the molecule is C=C(C(=O)OCC)C(F)(F)CF. The van der Waals surface area contributed by atoms with E-state index in [1.807, 2.05) is 0 Å². The van der Waals surface area contributed by atoms with Crippen LogP contribution in [0.5, 0.6) is 0 Å². The van der Waals surface area contributed by atoms with Gasteiger partial charge in [0, 0.05) is 0 Å². The summed E-state index contributed by atoms with van der Waals surface area (Å²) in [5.74, 6) is -5.08. The van der Waals surface area contributed by atoms with Crippen molar-refractivity contribution in [1.29, 1.82) is 0 Å². The molecule has 0 N–H and O–H groups in total. The Bertz CT molecular complexity index is 189. The Hall–Kier alpha value is -1.00. The van der Waals surface area contributed by atoms with Crippen molar-refractivity contribution in [2.75, 3.05) is 13.3 Å². The van der Waals surface area contributed by atoms with Crippen LogP contribution in [0.1, 0.15) is 6.92 Å².